The van der Waals surface area contributed by atoms with Gasteiger partial charge in [0.15, 0.2) is 6.10 Å². The fourth-order valence-electron chi connectivity index (χ4n) is 1.17. The third-order valence-corrected chi connectivity index (χ3v) is 1.93. The summed E-state index contributed by atoms with van der Waals surface area (Å²) in [4.78, 5) is 11.1. The Morgan fingerprint density at radius 3 is 2.60 bits per heavy atom. The predicted octanol–water partition coefficient (Wildman–Crippen LogP) is 0.607. The van der Waals surface area contributed by atoms with Crippen molar-refractivity contribution in [3.63, 3.8) is 0 Å². The number of esters is 1. The van der Waals surface area contributed by atoms with Crippen molar-refractivity contribution in [2.24, 2.45) is 0 Å². The summed E-state index contributed by atoms with van der Waals surface area (Å²) >= 11 is 0. The van der Waals surface area contributed by atoms with Crippen LogP contribution in [0, 0.1) is 0 Å². The molecular formula is C10H12O5. The minimum Gasteiger partial charge on any atom is -0.508 e. The first-order chi connectivity index (χ1) is 7.10. The van der Waals surface area contributed by atoms with Gasteiger partial charge in [-0.3, -0.25) is 0 Å². The molecule has 0 aliphatic rings. The van der Waals surface area contributed by atoms with Gasteiger partial charge in [0.05, 0.1) is 14.2 Å². The van der Waals surface area contributed by atoms with Crippen LogP contribution >= 0.6 is 0 Å². The smallest absolute Gasteiger partial charge is 0.339 e. The molecule has 15 heavy (non-hydrogen) atoms. The molecule has 1 unspecified atom stereocenters. The fourth-order valence-corrected chi connectivity index (χ4v) is 1.17. The van der Waals surface area contributed by atoms with Crippen LogP contribution in [0.5, 0.6) is 11.5 Å². The predicted molar refractivity (Wildman–Crippen MR) is 51.6 cm³/mol. The second-order valence-electron chi connectivity index (χ2n) is 2.85. The minimum atomic E-state index is -1.46. The molecule has 0 amide bonds. The Kier molecular flexibility index (Phi) is 3.51. The maximum Gasteiger partial charge on any atom is 0.339 e. The van der Waals surface area contributed by atoms with Crippen LogP contribution < -0.4 is 4.74 Å². The number of rotatable bonds is 3. The van der Waals surface area contributed by atoms with Crippen LogP contribution in [0.15, 0.2) is 18.2 Å². The topological polar surface area (TPSA) is 76.0 Å². The largest absolute Gasteiger partial charge is 0.508 e. The first-order valence-corrected chi connectivity index (χ1v) is 4.23. The van der Waals surface area contributed by atoms with Gasteiger partial charge in [-0.05, 0) is 18.2 Å². The van der Waals surface area contributed by atoms with Gasteiger partial charge < -0.3 is 19.7 Å². The Balaban J connectivity index is 3.10. The number of aromatic hydroxyl groups is 1. The van der Waals surface area contributed by atoms with Crippen molar-refractivity contribution in [3.05, 3.63) is 23.8 Å². The summed E-state index contributed by atoms with van der Waals surface area (Å²) in [5.41, 5.74) is 0.171. The van der Waals surface area contributed by atoms with Crippen molar-refractivity contribution in [1.29, 1.82) is 0 Å². The van der Waals surface area contributed by atoms with Crippen LogP contribution in [0.2, 0.25) is 0 Å². The van der Waals surface area contributed by atoms with E-state index in [0.29, 0.717) is 5.75 Å². The van der Waals surface area contributed by atoms with E-state index in [2.05, 4.69) is 4.74 Å². The number of aliphatic hydroxyl groups is 1. The fraction of sp³-hybridized carbons (Fsp3) is 0.300. The molecule has 0 aliphatic heterocycles. The molecule has 1 atom stereocenters. The number of hydrogen-bond acceptors (Lipinski definition) is 5. The normalized spacial score (nSPS) is 11.9. The van der Waals surface area contributed by atoms with E-state index in [4.69, 9.17) is 4.74 Å². The van der Waals surface area contributed by atoms with Crippen LogP contribution in [0.3, 0.4) is 0 Å². The number of carbonyl (C=O) groups excluding carboxylic acids is 1. The molecule has 0 aliphatic carbocycles. The molecule has 5 heteroatoms. The summed E-state index contributed by atoms with van der Waals surface area (Å²) in [6.07, 6.45) is -1.46. The Morgan fingerprint density at radius 1 is 1.40 bits per heavy atom. The highest BCUT2D eigenvalue weighted by Gasteiger charge is 2.22. The van der Waals surface area contributed by atoms with E-state index in [1.165, 1.54) is 32.4 Å². The van der Waals surface area contributed by atoms with Crippen molar-refractivity contribution < 1.29 is 24.5 Å². The molecule has 0 radical (unpaired) electrons. The average molecular weight is 212 g/mol. The Morgan fingerprint density at radius 2 is 2.07 bits per heavy atom. The molecule has 0 saturated heterocycles. The number of phenolic OH excluding ortho intramolecular Hbond substituents is 1. The molecule has 0 spiro atoms. The van der Waals surface area contributed by atoms with Crippen molar-refractivity contribution in [3.8, 4) is 11.5 Å². The van der Waals surface area contributed by atoms with Crippen molar-refractivity contribution in [1.82, 2.24) is 0 Å². The first kappa shape index (κ1) is 11.3. The zero-order chi connectivity index (χ0) is 11.4. The number of hydrogen-bond donors (Lipinski definition) is 2. The standard InChI is InChI=1S/C10H12O5/c1-14-8-4-3-6(11)5-7(8)9(12)10(13)15-2/h3-5,9,11-12H,1-2H3. The van der Waals surface area contributed by atoms with Gasteiger partial charge in [0.25, 0.3) is 0 Å². The molecule has 0 saturated carbocycles. The molecule has 2 N–H and O–H groups in total. The second-order valence-corrected chi connectivity index (χ2v) is 2.85. The number of benzene rings is 1. The molecule has 82 valence electrons. The summed E-state index contributed by atoms with van der Waals surface area (Å²) in [5.74, 6) is -0.557. The van der Waals surface area contributed by atoms with Crippen LogP contribution in [0.25, 0.3) is 0 Å². The quantitative estimate of drug-likeness (QED) is 0.718. The highest BCUT2D eigenvalue weighted by molar-refractivity contribution is 5.77. The lowest BCUT2D eigenvalue weighted by Gasteiger charge is -2.12. The van der Waals surface area contributed by atoms with Gasteiger partial charge in [-0.15, -0.1) is 0 Å². The van der Waals surface area contributed by atoms with Gasteiger partial charge in [0.2, 0.25) is 0 Å². The van der Waals surface area contributed by atoms with Crippen molar-refractivity contribution >= 4 is 5.97 Å². The first-order valence-electron chi connectivity index (χ1n) is 4.23. The van der Waals surface area contributed by atoms with E-state index < -0.39 is 12.1 Å². The molecule has 1 aromatic carbocycles. The number of methoxy groups -OCH3 is 2. The molecule has 0 fully saturated rings. The maximum atomic E-state index is 11.1. The number of phenols is 1. The monoisotopic (exact) mass is 212 g/mol. The van der Waals surface area contributed by atoms with Gasteiger partial charge in [0, 0.05) is 5.56 Å². The Labute approximate surface area is 86.9 Å². The molecule has 5 nitrogen and oxygen atoms in total. The zero-order valence-electron chi connectivity index (χ0n) is 8.43. The van der Waals surface area contributed by atoms with E-state index in [1.54, 1.807) is 0 Å². The van der Waals surface area contributed by atoms with Gasteiger partial charge >= 0.3 is 5.97 Å². The lowest BCUT2D eigenvalue weighted by Crippen LogP contribution is -2.14. The highest BCUT2D eigenvalue weighted by atomic mass is 16.5. The molecule has 0 aromatic heterocycles. The summed E-state index contributed by atoms with van der Waals surface area (Å²) in [6.45, 7) is 0. The van der Waals surface area contributed by atoms with Gasteiger partial charge in [-0.25, -0.2) is 4.79 Å². The Bertz CT molecular complexity index is 361. The second kappa shape index (κ2) is 4.65. The third kappa shape index (κ3) is 2.38. The molecule has 0 heterocycles. The lowest BCUT2D eigenvalue weighted by molar-refractivity contribution is -0.150. The zero-order valence-corrected chi connectivity index (χ0v) is 8.43. The SMILES string of the molecule is COC(=O)C(O)c1cc(O)ccc1OC. The van der Waals surface area contributed by atoms with E-state index >= 15 is 0 Å². The van der Waals surface area contributed by atoms with Gasteiger partial charge in [-0.2, -0.15) is 0 Å². The molecule has 0 bridgehead atoms. The maximum absolute atomic E-state index is 11.1. The van der Waals surface area contributed by atoms with E-state index in [0.717, 1.165) is 0 Å². The van der Waals surface area contributed by atoms with Crippen molar-refractivity contribution in [2.75, 3.05) is 14.2 Å². The summed E-state index contributed by atoms with van der Waals surface area (Å²) in [6, 6.07) is 4.10. The summed E-state index contributed by atoms with van der Waals surface area (Å²) < 4.78 is 9.32. The lowest BCUT2D eigenvalue weighted by atomic mass is 10.1. The minimum absolute atomic E-state index is 0.0613. The van der Waals surface area contributed by atoms with Crippen LogP contribution in [-0.4, -0.2) is 30.4 Å². The van der Waals surface area contributed by atoms with E-state index in [-0.39, 0.29) is 11.3 Å². The highest BCUT2D eigenvalue weighted by Crippen LogP contribution is 2.29. The van der Waals surface area contributed by atoms with Crippen molar-refractivity contribution in [2.45, 2.75) is 6.10 Å². The number of ether oxygens (including phenoxy) is 2. The van der Waals surface area contributed by atoms with Crippen LogP contribution in [0.4, 0.5) is 0 Å². The van der Waals surface area contributed by atoms with E-state index in [9.17, 15) is 15.0 Å². The number of carbonyl (C=O) groups is 1. The number of aliphatic hydroxyl groups excluding tert-OH is 1. The van der Waals surface area contributed by atoms with E-state index in [1.807, 2.05) is 0 Å². The average Bonchev–Trinajstić information content (AvgIpc) is 2.27. The molecular weight excluding hydrogens is 200 g/mol. The summed E-state index contributed by atoms with van der Waals surface area (Å²) in [5, 5.41) is 18.8. The van der Waals surface area contributed by atoms with Gasteiger partial charge in [-0.1, -0.05) is 0 Å². The van der Waals surface area contributed by atoms with Gasteiger partial charge in [0.1, 0.15) is 11.5 Å². The van der Waals surface area contributed by atoms with Crippen LogP contribution in [-0.2, 0) is 9.53 Å². The molecule has 1 aromatic rings. The van der Waals surface area contributed by atoms with Crippen LogP contribution in [0.1, 0.15) is 11.7 Å². The third-order valence-electron chi connectivity index (χ3n) is 1.93. The summed E-state index contributed by atoms with van der Waals surface area (Å²) in [7, 11) is 2.57. The molecule has 1 rings (SSSR count). The Hall–Kier alpha value is -1.75.